The van der Waals surface area contributed by atoms with Crippen LogP contribution in [-0.4, -0.2) is 5.11 Å². The van der Waals surface area contributed by atoms with Crippen molar-refractivity contribution in [2.24, 2.45) is 0 Å². The second-order valence-corrected chi connectivity index (χ2v) is 3.87. The molecule has 0 saturated heterocycles. The van der Waals surface area contributed by atoms with E-state index in [1.807, 2.05) is 12.1 Å². The highest BCUT2D eigenvalue weighted by molar-refractivity contribution is 5.89. The van der Waals surface area contributed by atoms with Gasteiger partial charge in [0.2, 0.25) is 0 Å². The Morgan fingerprint density at radius 1 is 1.27 bits per heavy atom. The molecule has 1 N–H and O–H groups in total. The molecular formula is C12H10O3. The maximum absolute atomic E-state index is 11.5. The van der Waals surface area contributed by atoms with Crippen LogP contribution >= 0.6 is 0 Å². The lowest BCUT2D eigenvalue weighted by atomic mass is 9.90. The van der Waals surface area contributed by atoms with Gasteiger partial charge in [-0.15, -0.1) is 0 Å². The Kier molecular flexibility index (Phi) is 1.63. The van der Waals surface area contributed by atoms with Crippen molar-refractivity contribution in [3.63, 3.8) is 0 Å². The number of rotatable bonds is 0. The van der Waals surface area contributed by atoms with Crippen molar-refractivity contribution in [2.45, 2.75) is 19.3 Å². The van der Waals surface area contributed by atoms with E-state index in [-0.39, 0.29) is 5.95 Å². The zero-order chi connectivity index (χ0) is 10.4. The molecule has 15 heavy (non-hydrogen) atoms. The summed E-state index contributed by atoms with van der Waals surface area (Å²) in [4.78, 5) is 11.5. The summed E-state index contributed by atoms with van der Waals surface area (Å²) in [5, 5.41) is 11.1. The topological polar surface area (TPSA) is 50.4 Å². The predicted octanol–water partition coefficient (Wildman–Crippen LogP) is 1.99. The van der Waals surface area contributed by atoms with Crippen LogP contribution in [0.2, 0.25) is 0 Å². The average Bonchev–Trinajstić information content (AvgIpc) is 2.25. The lowest BCUT2D eigenvalue weighted by Gasteiger charge is -2.16. The molecule has 0 atom stereocenters. The van der Waals surface area contributed by atoms with Crippen LogP contribution in [-0.2, 0) is 12.8 Å². The number of aryl methyl sites for hydroxylation is 2. The highest BCUT2D eigenvalue weighted by Gasteiger charge is 2.19. The average molecular weight is 202 g/mol. The van der Waals surface area contributed by atoms with Crippen molar-refractivity contribution in [1.29, 1.82) is 0 Å². The molecule has 1 aliphatic carbocycles. The molecule has 1 aromatic heterocycles. The van der Waals surface area contributed by atoms with Gasteiger partial charge < -0.3 is 9.52 Å². The standard InChI is InChI=1S/C12H10O3/c13-11-8-5-1-3-7-4-2-6-9(10(7)8)12(14)15-11/h1,3,5,14H,2,4,6H2. The first-order valence-corrected chi connectivity index (χ1v) is 5.04. The molecule has 1 aromatic carbocycles. The molecule has 0 saturated carbocycles. The van der Waals surface area contributed by atoms with E-state index in [1.54, 1.807) is 6.07 Å². The molecule has 1 heterocycles. The largest absolute Gasteiger partial charge is 0.480 e. The van der Waals surface area contributed by atoms with Gasteiger partial charge in [0.25, 0.3) is 5.95 Å². The van der Waals surface area contributed by atoms with E-state index in [2.05, 4.69) is 0 Å². The fourth-order valence-electron chi connectivity index (χ4n) is 2.33. The Morgan fingerprint density at radius 3 is 3.00 bits per heavy atom. The number of hydrogen-bond donors (Lipinski definition) is 1. The van der Waals surface area contributed by atoms with Crippen LogP contribution in [0.15, 0.2) is 27.4 Å². The second-order valence-electron chi connectivity index (χ2n) is 3.87. The third-order valence-electron chi connectivity index (χ3n) is 2.99. The van der Waals surface area contributed by atoms with Gasteiger partial charge in [-0.1, -0.05) is 12.1 Å². The van der Waals surface area contributed by atoms with Crippen molar-refractivity contribution < 1.29 is 9.52 Å². The first kappa shape index (κ1) is 8.53. The molecule has 76 valence electrons. The van der Waals surface area contributed by atoms with Crippen molar-refractivity contribution in [3.05, 3.63) is 39.7 Å². The van der Waals surface area contributed by atoms with E-state index < -0.39 is 5.63 Å². The van der Waals surface area contributed by atoms with E-state index in [0.717, 1.165) is 35.8 Å². The summed E-state index contributed by atoms with van der Waals surface area (Å²) in [7, 11) is 0. The fraction of sp³-hybridized carbons (Fsp3) is 0.250. The molecule has 0 aliphatic heterocycles. The van der Waals surface area contributed by atoms with E-state index in [4.69, 9.17) is 4.42 Å². The Labute approximate surface area is 86.0 Å². The molecular weight excluding hydrogens is 192 g/mol. The van der Waals surface area contributed by atoms with Crippen molar-refractivity contribution in [1.82, 2.24) is 0 Å². The van der Waals surface area contributed by atoms with E-state index in [1.165, 1.54) is 0 Å². The molecule has 0 spiro atoms. The van der Waals surface area contributed by atoms with Gasteiger partial charge in [0.15, 0.2) is 0 Å². The molecule has 3 heteroatoms. The third-order valence-corrected chi connectivity index (χ3v) is 2.99. The van der Waals surface area contributed by atoms with Crippen molar-refractivity contribution in [3.8, 4) is 5.95 Å². The van der Waals surface area contributed by atoms with Gasteiger partial charge in [-0.05, 0) is 30.9 Å². The zero-order valence-corrected chi connectivity index (χ0v) is 8.12. The minimum absolute atomic E-state index is 0.209. The molecule has 3 rings (SSSR count). The number of aromatic hydroxyl groups is 1. The summed E-state index contributed by atoms with van der Waals surface area (Å²) in [6.45, 7) is 0. The monoisotopic (exact) mass is 202 g/mol. The SMILES string of the molecule is O=c1oc(O)c2c3c(cccc13)CCC2. The summed E-state index contributed by atoms with van der Waals surface area (Å²) in [6, 6.07) is 5.61. The first-order chi connectivity index (χ1) is 7.27. The molecule has 1 aliphatic rings. The molecule has 0 unspecified atom stereocenters. The molecule has 3 nitrogen and oxygen atoms in total. The second kappa shape index (κ2) is 2.86. The summed E-state index contributed by atoms with van der Waals surface area (Å²) in [6.07, 6.45) is 2.74. The summed E-state index contributed by atoms with van der Waals surface area (Å²) in [5.41, 5.74) is 1.47. The molecule has 0 radical (unpaired) electrons. The molecule has 0 bridgehead atoms. The zero-order valence-electron chi connectivity index (χ0n) is 8.12. The Hall–Kier alpha value is -1.77. The predicted molar refractivity (Wildman–Crippen MR) is 56.2 cm³/mol. The summed E-state index contributed by atoms with van der Waals surface area (Å²) in [5.74, 6) is -0.209. The summed E-state index contributed by atoms with van der Waals surface area (Å²) < 4.78 is 4.80. The Balaban J connectivity index is 2.59. The van der Waals surface area contributed by atoms with Crippen LogP contribution < -0.4 is 5.63 Å². The normalized spacial score (nSPS) is 14.4. The fourth-order valence-corrected chi connectivity index (χ4v) is 2.33. The molecule has 0 amide bonds. The van der Waals surface area contributed by atoms with Crippen LogP contribution in [0.1, 0.15) is 17.5 Å². The number of benzene rings is 1. The van der Waals surface area contributed by atoms with Crippen LogP contribution in [0.25, 0.3) is 10.8 Å². The van der Waals surface area contributed by atoms with Gasteiger partial charge in [0.05, 0.1) is 5.39 Å². The van der Waals surface area contributed by atoms with E-state index in [9.17, 15) is 9.90 Å². The highest BCUT2D eigenvalue weighted by Crippen LogP contribution is 2.32. The van der Waals surface area contributed by atoms with Gasteiger partial charge in [0, 0.05) is 10.9 Å². The van der Waals surface area contributed by atoms with Crippen LogP contribution in [0.3, 0.4) is 0 Å². The lowest BCUT2D eigenvalue weighted by molar-refractivity contribution is 0.306. The van der Waals surface area contributed by atoms with Crippen LogP contribution in [0, 0.1) is 0 Å². The van der Waals surface area contributed by atoms with E-state index >= 15 is 0 Å². The maximum Gasteiger partial charge on any atom is 0.346 e. The molecule has 2 aromatic rings. The van der Waals surface area contributed by atoms with Gasteiger partial charge in [-0.2, -0.15) is 0 Å². The first-order valence-electron chi connectivity index (χ1n) is 5.04. The lowest BCUT2D eigenvalue weighted by Crippen LogP contribution is -2.08. The minimum atomic E-state index is -0.449. The number of hydrogen-bond acceptors (Lipinski definition) is 3. The minimum Gasteiger partial charge on any atom is -0.480 e. The highest BCUT2D eigenvalue weighted by atomic mass is 16.5. The van der Waals surface area contributed by atoms with Gasteiger partial charge >= 0.3 is 5.63 Å². The van der Waals surface area contributed by atoms with Crippen molar-refractivity contribution >= 4 is 10.8 Å². The Morgan fingerprint density at radius 2 is 2.13 bits per heavy atom. The third kappa shape index (κ3) is 1.09. The van der Waals surface area contributed by atoms with Gasteiger partial charge in [0.1, 0.15) is 0 Å². The Bertz CT molecular complexity index is 596. The summed E-state index contributed by atoms with van der Waals surface area (Å²) >= 11 is 0. The smallest absolute Gasteiger partial charge is 0.346 e. The molecule has 0 fully saturated rings. The van der Waals surface area contributed by atoms with Gasteiger partial charge in [-0.3, -0.25) is 0 Å². The van der Waals surface area contributed by atoms with Crippen LogP contribution in [0.5, 0.6) is 5.95 Å². The van der Waals surface area contributed by atoms with Gasteiger partial charge in [-0.25, -0.2) is 4.79 Å². The quantitative estimate of drug-likeness (QED) is 0.710. The van der Waals surface area contributed by atoms with Crippen molar-refractivity contribution in [2.75, 3.05) is 0 Å². The maximum atomic E-state index is 11.5. The van der Waals surface area contributed by atoms with E-state index in [0.29, 0.717) is 5.39 Å². The van der Waals surface area contributed by atoms with Crippen LogP contribution in [0.4, 0.5) is 0 Å².